The number of nitrogens with zero attached hydrogens (tertiary/aromatic N) is 3. The van der Waals surface area contributed by atoms with Crippen LogP contribution in [0.5, 0.6) is 0 Å². The van der Waals surface area contributed by atoms with Crippen LogP contribution >= 0.6 is 0 Å². The second-order valence-corrected chi connectivity index (χ2v) is 8.63. The van der Waals surface area contributed by atoms with Crippen LogP contribution in [0.15, 0.2) is 52.7 Å². The quantitative estimate of drug-likeness (QED) is 0.100. The zero-order valence-corrected chi connectivity index (χ0v) is 21.5. The van der Waals surface area contributed by atoms with Gasteiger partial charge >= 0.3 is 5.97 Å². The van der Waals surface area contributed by atoms with Gasteiger partial charge < -0.3 is 26.3 Å². The summed E-state index contributed by atoms with van der Waals surface area (Å²) in [6.45, 7) is 4.81. The lowest BCUT2D eigenvalue weighted by Crippen LogP contribution is -2.49. The Balaban J connectivity index is 2.16. The Kier molecular flexibility index (Phi) is 11.3. The zero-order valence-electron chi connectivity index (χ0n) is 21.5. The number of hydrogen-bond donors (Lipinski definition) is 6. The summed E-state index contributed by atoms with van der Waals surface area (Å²) in [5.74, 6) is -2.56. The number of Topliss-reactive ketones (excluding diaryl/α,β-unsaturated/α-hetero) is 1. The van der Waals surface area contributed by atoms with Gasteiger partial charge in [0.05, 0.1) is 25.6 Å². The largest absolute Gasteiger partial charge is 0.481 e. The molecule has 0 fully saturated rings. The lowest BCUT2D eigenvalue weighted by Gasteiger charge is -2.23. The number of rotatable bonds is 15. The third-order valence-corrected chi connectivity index (χ3v) is 5.86. The number of nitrogens with one attached hydrogen (secondary N) is 3. The number of hydrogen-bond acceptors (Lipinski definition) is 9. The molecule has 1 aromatic heterocycles. The fraction of sp³-hybridized carbons (Fsp3) is 0.400. The average molecular weight is 529 g/mol. The van der Waals surface area contributed by atoms with Crippen LogP contribution < -0.4 is 26.9 Å². The van der Waals surface area contributed by atoms with Crippen molar-refractivity contribution in [1.29, 1.82) is 0 Å². The number of amides is 1. The number of carbonyl (C=O) groups excluding carboxylic acids is 2. The number of carboxylic acids is 1. The molecule has 1 amide bonds. The molecule has 0 saturated heterocycles. The van der Waals surface area contributed by atoms with Crippen LogP contribution in [-0.4, -0.2) is 68.1 Å². The molecule has 7 N–H and O–H groups in total. The molecule has 3 unspecified atom stereocenters. The first-order valence-electron chi connectivity index (χ1n) is 12.0. The Labute approximate surface area is 219 Å². The molecule has 0 saturated carbocycles. The van der Waals surface area contributed by atoms with Crippen LogP contribution in [0.25, 0.3) is 0 Å². The Morgan fingerprint density at radius 1 is 1.18 bits per heavy atom. The van der Waals surface area contributed by atoms with Crippen LogP contribution in [0, 0.1) is 0 Å². The van der Waals surface area contributed by atoms with E-state index in [1.807, 2.05) is 37.3 Å². The molecule has 2 rings (SSSR count). The highest BCUT2D eigenvalue weighted by atomic mass is 16.4. The standard InChI is InChI=1S/C25H33N7O6/c1-4-20(32-11-10-27-23(25(32)37)29-13-19(31-38)15(2)26)24(36)30-18(12-22(34)35)21(33)14-28-16(3)17-8-6-5-7-9-17/h5-11,16,18,20,26,28,38H,4,12-14H2,1-3H3,(H,27,29)(H,30,36)(H,34,35)/p+1/b26-15?,31-19-. The normalized spacial score (nSPS) is 13.7. The molecule has 13 nitrogen and oxygen atoms in total. The van der Waals surface area contributed by atoms with Crippen LogP contribution in [0.1, 0.15) is 51.3 Å². The minimum atomic E-state index is -1.30. The maximum absolute atomic E-state index is 13.1. The van der Waals surface area contributed by atoms with Crippen molar-refractivity contribution in [3.63, 3.8) is 0 Å². The van der Waals surface area contributed by atoms with E-state index in [0.29, 0.717) is 0 Å². The van der Waals surface area contributed by atoms with Gasteiger partial charge in [0.25, 0.3) is 5.56 Å². The van der Waals surface area contributed by atoms with E-state index < -0.39 is 41.7 Å². The van der Waals surface area contributed by atoms with Crippen molar-refractivity contribution in [2.45, 2.75) is 51.7 Å². The van der Waals surface area contributed by atoms with Gasteiger partial charge in [0, 0.05) is 25.4 Å². The first kappa shape index (κ1) is 29.8. The van der Waals surface area contributed by atoms with E-state index in [9.17, 15) is 24.3 Å². The van der Waals surface area contributed by atoms with Crippen molar-refractivity contribution in [3.05, 3.63) is 58.6 Å². The third kappa shape index (κ3) is 8.34. The number of anilines is 1. The monoisotopic (exact) mass is 528 g/mol. The number of benzene rings is 1. The van der Waals surface area contributed by atoms with Gasteiger partial charge in [0.2, 0.25) is 5.91 Å². The minimum Gasteiger partial charge on any atom is -0.481 e. The van der Waals surface area contributed by atoms with Gasteiger partial charge in [-0.1, -0.05) is 42.4 Å². The van der Waals surface area contributed by atoms with Crippen LogP contribution in [0.4, 0.5) is 5.82 Å². The van der Waals surface area contributed by atoms with E-state index in [0.717, 1.165) is 10.1 Å². The van der Waals surface area contributed by atoms with Gasteiger partial charge in [-0.3, -0.25) is 29.2 Å². The molecule has 1 heterocycles. The number of carbonyl (C=O) groups is 3. The van der Waals surface area contributed by atoms with E-state index in [-0.39, 0.29) is 42.8 Å². The summed E-state index contributed by atoms with van der Waals surface area (Å²) in [5.41, 5.74) is 0.657. The number of aromatic nitrogens is 2. The summed E-state index contributed by atoms with van der Waals surface area (Å²) in [6, 6.07) is 6.88. The molecule has 2 aromatic rings. The topological polar surface area (TPSA) is 201 Å². The molecule has 0 aliphatic rings. The molecule has 204 valence electrons. The second kappa shape index (κ2) is 14.4. The van der Waals surface area contributed by atoms with Gasteiger partial charge in [0.1, 0.15) is 6.04 Å². The van der Waals surface area contributed by atoms with Crippen LogP contribution in [0.2, 0.25) is 0 Å². The first-order chi connectivity index (χ1) is 18.1. The van der Waals surface area contributed by atoms with Crippen molar-refractivity contribution < 1.29 is 30.1 Å². The van der Waals surface area contributed by atoms with E-state index in [1.165, 1.54) is 19.3 Å². The molecule has 13 heteroatoms. The summed E-state index contributed by atoms with van der Waals surface area (Å²) in [6.07, 6.45) is 2.19. The Morgan fingerprint density at radius 3 is 2.45 bits per heavy atom. The van der Waals surface area contributed by atoms with Gasteiger partial charge in [-0.15, -0.1) is 0 Å². The highest BCUT2D eigenvalue weighted by Crippen LogP contribution is 2.13. The molecular weight excluding hydrogens is 494 g/mol. The smallest absolute Gasteiger partial charge is 0.305 e. The summed E-state index contributed by atoms with van der Waals surface area (Å²) >= 11 is 0. The summed E-state index contributed by atoms with van der Waals surface area (Å²) in [4.78, 5) is 54.4. The van der Waals surface area contributed by atoms with Crippen molar-refractivity contribution in [2.75, 3.05) is 18.4 Å². The predicted octanol–water partition coefficient (Wildman–Crippen LogP) is -0.464. The van der Waals surface area contributed by atoms with E-state index in [1.54, 1.807) is 6.92 Å². The fourth-order valence-corrected chi connectivity index (χ4v) is 3.65. The maximum Gasteiger partial charge on any atom is 0.305 e. The summed E-state index contributed by atoms with van der Waals surface area (Å²) in [5, 5.41) is 35.3. The van der Waals surface area contributed by atoms with Gasteiger partial charge in [-0.2, -0.15) is 0 Å². The average Bonchev–Trinajstić information content (AvgIpc) is 2.89. The number of nitrogens with two attached hydrogens (primary N) is 1. The molecule has 0 spiro atoms. The molecular formula is C25H34N7O6+. The van der Waals surface area contributed by atoms with E-state index in [4.69, 9.17) is 10.6 Å². The van der Waals surface area contributed by atoms with E-state index >= 15 is 0 Å². The molecule has 1 aromatic carbocycles. The number of ketones is 1. The molecule has 0 aliphatic carbocycles. The summed E-state index contributed by atoms with van der Waals surface area (Å²) < 4.78 is 1.14. The molecule has 38 heavy (non-hydrogen) atoms. The Bertz CT molecular complexity index is 1230. The maximum atomic E-state index is 13.1. The SMILES string of the molecule is CCC(C(=O)NC(CC(=O)O)C(=O)CNC(C)c1ccccc1)n1ccnc(NC/C(=N/O)C(C)=[NH2+])c1=O. The second-order valence-electron chi connectivity index (χ2n) is 8.63. The van der Waals surface area contributed by atoms with Crippen molar-refractivity contribution in [1.82, 2.24) is 20.2 Å². The van der Waals surface area contributed by atoms with Crippen molar-refractivity contribution >= 4 is 34.9 Å². The number of carboxylic acid groups (broad SMARTS) is 1. The summed E-state index contributed by atoms with van der Waals surface area (Å²) in [7, 11) is 0. The molecule has 0 bridgehead atoms. The van der Waals surface area contributed by atoms with Crippen molar-refractivity contribution in [2.24, 2.45) is 5.16 Å². The van der Waals surface area contributed by atoms with Crippen LogP contribution in [-0.2, 0) is 14.4 Å². The predicted molar refractivity (Wildman–Crippen MR) is 140 cm³/mol. The Morgan fingerprint density at radius 2 is 1.87 bits per heavy atom. The van der Waals surface area contributed by atoms with Crippen molar-refractivity contribution in [3.8, 4) is 0 Å². The molecule has 0 aliphatic heterocycles. The fourth-order valence-electron chi connectivity index (χ4n) is 3.65. The van der Waals surface area contributed by atoms with Gasteiger partial charge in [-0.05, 0) is 18.9 Å². The lowest BCUT2D eigenvalue weighted by atomic mass is 10.1. The Hall–Kier alpha value is -4.39. The number of oxime groups is 1. The lowest BCUT2D eigenvalue weighted by molar-refractivity contribution is -0.140. The first-order valence-corrected chi connectivity index (χ1v) is 12.0. The zero-order chi connectivity index (χ0) is 28.2. The molecule has 3 atom stereocenters. The highest BCUT2D eigenvalue weighted by Gasteiger charge is 2.28. The number of aliphatic carboxylic acids is 1. The van der Waals surface area contributed by atoms with Gasteiger partial charge in [-0.25, -0.2) is 4.98 Å². The highest BCUT2D eigenvalue weighted by molar-refractivity contribution is 6.40. The minimum absolute atomic E-state index is 0.0856. The van der Waals surface area contributed by atoms with Crippen LogP contribution in [0.3, 0.4) is 0 Å². The molecule has 0 radical (unpaired) electrons. The van der Waals surface area contributed by atoms with E-state index in [2.05, 4.69) is 26.1 Å². The van der Waals surface area contributed by atoms with Gasteiger partial charge in [0.15, 0.2) is 23.0 Å². The third-order valence-electron chi connectivity index (χ3n) is 5.86.